The van der Waals surface area contributed by atoms with Gasteiger partial charge in [-0.3, -0.25) is 10.1 Å². The number of hydrogen-bond acceptors (Lipinski definition) is 4. The molecule has 0 fully saturated rings. The number of benzene rings is 1. The maximum absolute atomic E-state index is 11.3. The number of nitrogens with two attached hydrogens (primary N) is 2. The second-order valence-corrected chi connectivity index (χ2v) is 5.09. The summed E-state index contributed by atoms with van der Waals surface area (Å²) in [5.41, 5.74) is 12.0. The van der Waals surface area contributed by atoms with Gasteiger partial charge >= 0.3 is 0 Å². The largest absolute Gasteiger partial charge is 0.384 e. The lowest BCUT2D eigenvalue weighted by atomic mass is 10.1. The van der Waals surface area contributed by atoms with Crippen molar-refractivity contribution in [2.24, 2.45) is 11.5 Å². The molecule has 0 heterocycles. The lowest BCUT2D eigenvalue weighted by Crippen LogP contribution is -2.23. The molecule has 0 aliphatic carbocycles. The van der Waals surface area contributed by atoms with Gasteiger partial charge in [0.15, 0.2) is 0 Å². The molecule has 0 aromatic heterocycles. The monoisotopic (exact) mass is 242 g/mol. The van der Waals surface area contributed by atoms with E-state index < -0.39 is 15.9 Å². The van der Waals surface area contributed by atoms with Crippen LogP contribution in [0.25, 0.3) is 0 Å². The summed E-state index contributed by atoms with van der Waals surface area (Å²) in [6.07, 6.45) is 0. The van der Waals surface area contributed by atoms with Gasteiger partial charge in [-0.25, -0.2) is 8.42 Å². The van der Waals surface area contributed by atoms with Crippen LogP contribution in [0, 0.1) is 12.3 Å². The predicted octanol–water partition coefficient (Wildman–Crippen LogP) is -0.0630. The third-order valence-corrected chi connectivity index (χ3v) is 3.00. The summed E-state index contributed by atoms with van der Waals surface area (Å²) in [7, 11) is -3.52. The average molecular weight is 242 g/mol. The minimum absolute atomic E-state index is 0.117. The second-order valence-electron chi connectivity index (χ2n) is 3.33. The highest BCUT2D eigenvalue weighted by atomic mass is 32.2. The molecule has 1 aromatic carbocycles. The molecule has 0 saturated carbocycles. The molecule has 0 saturated heterocycles. The Labute approximate surface area is 94.2 Å². The lowest BCUT2D eigenvalue weighted by Gasteiger charge is -2.10. The maximum Gasteiger partial charge on any atom is 0.245 e. The van der Waals surface area contributed by atoms with Crippen LogP contribution in [0.15, 0.2) is 18.2 Å². The fourth-order valence-electron chi connectivity index (χ4n) is 1.11. The minimum Gasteiger partial charge on any atom is -0.384 e. The van der Waals surface area contributed by atoms with Crippen molar-refractivity contribution < 1.29 is 8.42 Å². The van der Waals surface area contributed by atoms with Crippen molar-refractivity contribution >= 4 is 21.5 Å². The zero-order valence-electron chi connectivity index (χ0n) is 8.82. The Morgan fingerprint density at radius 1 is 1.50 bits per heavy atom. The summed E-state index contributed by atoms with van der Waals surface area (Å²) in [6.45, 7) is 1.75. The van der Waals surface area contributed by atoms with E-state index in [2.05, 4.69) is 4.72 Å². The zero-order valence-corrected chi connectivity index (χ0v) is 9.64. The molecule has 0 atom stereocenters. The molecule has 1 aromatic rings. The first kappa shape index (κ1) is 12.5. The van der Waals surface area contributed by atoms with Gasteiger partial charge in [0.05, 0.1) is 5.69 Å². The third-order valence-electron chi connectivity index (χ3n) is 2.03. The summed E-state index contributed by atoms with van der Waals surface area (Å²) >= 11 is 0. The highest BCUT2D eigenvalue weighted by molar-refractivity contribution is 7.92. The van der Waals surface area contributed by atoms with Crippen molar-refractivity contribution in [3.05, 3.63) is 29.3 Å². The smallest absolute Gasteiger partial charge is 0.245 e. The Balaban J connectivity index is 3.13. The first-order valence-corrected chi connectivity index (χ1v) is 6.16. The molecular weight excluding hydrogens is 228 g/mol. The Morgan fingerprint density at radius 2 is 2.12 bits per heavy atom. The van der Waals surface area contributed by atoms with Gasteiger partial charge in [0.2, 0.25) is 10.0 Å². The quantitative estimate of drug-likeness (QED) is 0.436. The van der Waals surface area contributed by atoms with E-state index in [-0.39, 0.29) is 5.84 Å². The molecule has 0 amide bonds. The number of aryl methyl sites for hydroxylation is 1. The topological polar surface area (TPSA) is 122 Å². The highest BCUT2D eigenvalue weighted by Gasteiger charge is 2.10. The molecule has 7 heteroatoms. The number of hydrogen-bond donors (Lipinski definition) is 4. The molecule has 6 N–H and O–H groups in total. The number of anilines is 1. The molecular formula is C9H14N4O2S. The molecule has 16 heavy (non-hydrogen) atoms. The molecule has 0 bridgehead atoms. The number of nitrogens with one attached hydrogen (secondary N) is 2. The predicted molar refractivity (Wildman–Crippen MR) is 63.8 cm³/mol. The molecule has 0 aliphatic heterocycles. The van der Waals surface area contributed by atoms with Crippen molar-refractivity contribution in [2.45, 2.75) is 6.92 Å². The van der Waals surface area contributed by atoms with E-state index >= 15 is 0 Å². The van der Waals surface area contributed by atoms with E-state index in [0.717, 1.165) is 5.56 Å². The van der Waals surface area contributed by atoms with Crippen LogP contribution in [-0.4, -0.2) is 20.1 Å². The van der Waals surface area contributed by atoms with E-state index in [9.17, 15) is 8.42 Å². The van der Waals surface area contributed by atoms with Crippen LogP contribution in [0.3, 0.4) is 0 Å². The number of nitrogen functional groups attached to an aromatic ring is 1. The standard InChI is InChI=1S/C9H14N4O2S/c1-6-2-3-7(9(11)12)4-8(6)13-16(14,15)5-10/h2-4,13H,5,10H2,1H3,(H3,11,12). The molecule has 0 aliphatic rings. The van der Waals surface area contributed by atoms with Crippen molar-refractivity contribution in [1.82, 2.24) is 0 Å². The highest BCUT2D eigenvalue weighted by Crippen LogP contribution is 2.17. The van der Waals surface area contributed by atoms with Crippen molar-refractivity contribution in [2.75, 3.05) is 10.6 Å². The summed E-state index contributed by atoms with van der Waals surface area (Å²) in [6, 6.07) is 4.84. The molecule has 0 unspecified atom stereocenters. The van der Waals surface area contributed by atoms with Crippen molar-refractivity contribution in [3.8, 4) is 0 Å². The van der Waals surface area contributed by atoms with E-state index in [1.165, 1.54) is 6.07 Å². The molecule has 88 valence electrons. The zero-order chi connectivity index (χ0) is 12.3. The van der Waals surface area contributed by atoms with Crippen LogP contribution in [0.2, 0.25) is 0 Å². The Morgan fingerprint density at radius 3 is 2.62 bits per heavy atom. The first-order valence-electron chi connectivity index (χ1n) is 4.51. The average Bonchev–Trinajstić information content (AvgIpc) is 2.21. The van der Waals surface area contributed by atoms with Gasteiger partial charge in [0.25, 0.3) is 0 Å². The maximum atomic E-state index is 11.3. The van der Waals surface area contributed by atoms with Gasteiger partial charge in [-0.2, -0.15) is 0 Å². The van der Waals surface area contributed by atoms with Gasteiger partial charge < -0.3 is 11.5 Å². The second kappa shape index (κ2) is 4.50. The lowest BCUT2D eigenvalue weighted by molar-refractivity contribution is 0.601. The van der Waals surface area contributed by atoms with Crippen LogP contribution in [0.4, 0.5) is 5.69 Å². The Bertz CT molecular complexity index is 510. The van der Waals surface area contributed by atoms with Crippen LogP contribution >= 0.6 is 0 Å². The van der Waals surface area contributed by atoms with Crippen molar-refractivity contribution in [1.29, 1.82) is 5.41 Å². The number of sulfonamides is 1. The van der Waals surface area contributed by atoms with Gasteiger partial charge in [-0.1, -0.05) is 12.1 Å². The van der Waals surface area contributed by atoms with E-state index in [0.29, 0.717) is 11.3 Å². The van der Waals surface area contributed by atoms with Gasteiger partial charge in [-0.15, -0.1) is 0 Å². The summed E-state index contributed by atoms with van der Waals surface area (Å²) in [4.78, 5) is 0. The third kappa shape index (κ3) is 2.94. The fraction of sp³-hybridized carbons (Fsp3) is 0.222. The summed E-state index contributed by atoms with van der Waals surface area (Å²) in [5.74, 6) is -0.607. The van der Waals surface area contributed by atoms with Gasteiger partial charge in [-0.05, 0) is 18.6 Å². The van der Waals surface area contributed by atoms with Crippen LogP contribution in [0.5, 0.6) is 0 Å². The first-order chi connectivity index (χ1) is 7.35. The molecule has 0 radical (unpaired) electrons. The number of amidine groups is 1. The van der Waals surface area contributed by atoms with Crippen LogP contribution < -0.4 is 16.2 Å². The SMILES string of the molecule is Cc1ccc(C(=N)N)cc1NS(=O)(=O)CN. The molecule has 0 spiro atoms. The minimum atomic E-state index is -3.52. The van der Waals surface area contributed by atoms with Gasteiger partial charge in [0.1, 0.15) is 11.7 Å². The number of rotatable bonds is 4. The Hall–Kier alpha value is -1.60. The van der Waals surface area contributed by atoms with E-state index in [1.807, 2.05) is 0 Å². The molecule has 1 rings (SSSR count). The van der Waals surface area contributed by atoms with Crippen LogP contribution in [0.1, 0.15) is 11.1 Å². The van der Waals surface area contributed by atoms with E-state index in [1.54, 1.807) is 19.1 Å². The summed E-state index contributed by atoms with van der Waals surface area (Å²) in [5, 5.41) is 7.25. The normalized spacial score (nSPS) is 11.1. The summed E-state index contributed by atoms with van der Waals surface area (Å²) < 4.78 is 24.9. The van der Waals surface area contributed by atoms with E-state index in [4.69, 9.17) is 16.9 Å². The van der Waals surface area contributed by atoms with Crippen molar-refractivity contribution in [3.63, 3.8) is 0 Å². The Kier molecular flexibility index (Phi) is 3.51. The molecule has 6 nitrogen and oxygen atoms in total. The van der Waals surface area contributed by atoms with Gasteiger partial charge in [0, 0.05) is 5.56 Å². The fourth-order valence-corrected chi connectivity index (χ4v) is 1.75. The van der Waals surface area contributed by atoms with Crippen LogP contribution in [-0.2, 0) is 10.0 Å².